The van der Waals surface area contributed by atoms with Gasteiger partial charge in [0.05, 0.1) is 0 Å². The maximum Gasteiger partial charge on any atom is 0.258 e. The van der Waals surface area contributed by atoms with E-state index in [1.807, 2.05) is 12.1 Å². The van der Waals surface area contributed by atoms with E-state index in [-0.39, 0.29) is 12.5 Å². The lowest BCUT2D eigenvalue weighted by molar-refractivity contribution is -0.124. The number of carbonyl (C=O) groups excluding carboxylic acids is 1. The zero-order valence-electron chi connectivity index (χ0n) is 12.5. The van der Waals surface area contributed by atoms with Gasteiger partial charge in [-0.3, -0.25) is 4.79 Å². The summed E-state index contributed by atoms with van der Waals surface area (Å²) in [6.07, 6.45) is 5.96. The second-order valence-corrected chi connectivity index (χ2v) is 5.91. The first-order valence-electron chi connectivity index (χ1n) is 7.67. The molecule has 1 saturated carbocycles. The van der Waals surface area contributed by atoms with E-state index in [0.29, 0.717) is 12.0 Å². The second kappa shape index (κ2) is 7.32. The highest BCUT2D eigenvalue weighted by molar-refractivity contribution is 5.77. The van der Waals surface area contributed by atoms with Crippen LogP contribution in [0.25, 0.3) is 0 Å². The minimum Gasteiger partial charge on any atom is -0.484 e. The molecule has 0 aromatic heterocycles. The number of carbonyl (C=O) groups is 1. The molecule has 1 fully saturated rings. The number of nitrogens with one attached hydrogen (secondary N) is 1. The number of ether oxygens (including phenoxy) is 1. The lowest BCUT2D eigenvalue weighted by atomic mass is 9.95. The average molecular weight is 275 g/mol. The van der Waals surface area contributed by atoms with Gasteiger partial charge in [0.2, 0.25) is 0 Å². The Hall–Kier alpha value is -1.51. The van der Waals surface area contributed by atoms with Crippen LogP contribution in [0.15, 0.2) is 24.3 Å². The molecule has 1 aliphatic carbocycles. The molecule has 0 spiro atoms. The van der Waals surface area contributed by atoms with Crippen LogP contribution in [0.2, 0.25) is 0 Å². The Morgan fingerprint density at radius 3 is 2.45 bits per heavy atom. The standard InChI is InChI=1S/C17H25NO2/c1-13(2)14-8-10-16(11-9-14)20-12-17(19)18-15-6-4-3-5-7-15/h8-11,13,15H,3-7,12H2,1-2H3,(H,18,19). The van der Waals surface area contributed by atoms with E-state index in [2.05, 4.69) is 31.3 Å². The van der Waals surface area contributed by atoms with Gasteiger partial charge in [0.1, 0.15) is 5.75 Å². The maximum absolute atomic E-state index is 11.8. The summed E-state index contributed by atoms with van der Waals surface area (Å²) in [5, 5.41) is 3.05. The third kappa shape index (κ3) is 4.55. The van der Waals surface area contributed by atoms with Crippen molar-refractivity contribution >= 4 is 5.91 Å². The topological polar surface area (TPSA) is 38.3 Å². The minimum atomic E-state index is -0.00941. The Balaban J connectivity index is 1.74. The molecule has 20 heavy (non-hydrogen) atoms. The summed E-state index contributed by atoms with van der Waals surface area (Å²) in [5.41, 5.74) is 1.28. The van der Waals surface area contributed by atoms with Crippen LogP contribution in [0.1, 0.15) is 57.4 Å². The van der Waals surface area contributed by atoms with Crippen molar-refractivity contribution in [2.45, 2.75) is 57.9 Å². The summed E-state index contributed by atoms with van der Waals surface area (Å²) in [5.74, 6) is 1.26. The van der Waals surface area contributed by atoms with E-state index in [9.17, 15) is 4.79 Å². The first-order chi connectivity index (χ1) is 9.65. The van der Waals surface area contributed by atoms with E-state index in [1.54, 1.807) is 0 Å². The van der Waals surface area contributed by atoms with Gasteiger partial charge in [-0.2, -0.15) is 0 Å². The summed E-state index contributed by atoms with van der Waals surface area (Å²) >= 11 is 0. The summed E-state index contributed by atoms with van der Waals surface area (Å²) in [4.78, 5) is 11.8. The molecule has 0 unspecified atom stereocenters. The molecule has 3 nitrogen and oxygen atoms in total. The van der Waals surface area contributed by atoms with Crippen LogP contribution in [-0.4, -0.2) is 18.6 Å². The van der Waals surface area contributed by atoms with Crippen LogP contribution in [0.4, 0.5) is 0 Å². The Kier molecular flexibility index (Phi) is 5.45. The molecule has 1 N–H and O–H groups in total. The van der Waals surface area contributed by atoms with Crippen molar-refractivity contribution in [2.75, 3.05) is 6.61 Å². The summed E-state index contributed by atoms with van der Waals surface area (Å²) in [6, 6.07) is 8.33. The van der Waals surface area contributed by atoms with E-state index in [0.717, 1.165) is 18.6 Å². The van der Waals surface area contributed by atoms with Crippen molar-refractivity contribution in [1.29, 1.82) is 0 Å². The van der Waals surface area contributed by atoms with Gasteiger partial charge in [-0.25, -0.2) is 0 Å². The van der Waals surface area contributed by atoms with Gasteiger partial charge in [-0.1, -0.05) is 45.2 Å². The Morgan fingerprint density at radius 1 is 1.20 bits per heavy atom. The molecule has 0 heterocycles. The molecule has 110 valence electrons. The van der Waals surface area contributed by atoms with Gasteiger partial charge in [0.15, 0.2) is 6.61 Å². The highest BCUT2D eigenvalue weighted by Crippen LogP contribution is 2.19. The Bertz CT molecular complexity index is 419. The van der Waals surface area contributed by atoms with E-state index in [1.165, 1.54) is 24.8 Å². The fourth-order valence-corrected chi connectivity index (χ4v) is 2.61. The largest absolute Gasteiger partial charge is 0.484 e. The molecule has 0 aliphatic heterocycles. The first kappa shape index (κ1) is 14.9. The zero-order valence-corrected chi connectivity index (χ0v) is 12.5. The molecule has 2 rings (SSSR count). The monoisotopic (exact) mass is 275 g/mol. The lowest BCUT2D eigenvalue weighted by Gasteiger charge is -2.22. The molecule has 0 atom stereocenters. The molecule has 0 bridgehead atoms. The van der Waals surface area contributed by atoms with E-state index >= 15 is 0 Å². The van der Waals surface area contributed by atoms with Crippen molar-refractivity contribution in [3.8, 4) is 5.75 Å². The number of benzene rings is 1. The first-order valence-corrected chi connectivity index (χ1v) is 7.67. The zero-order chi connectivity index (χ0) is 14.4. The Labute approximate surface area is 121 Å². The number of rotatable bonds is 5. The van der Waals surface area contributed by atoms with Crippen molar-refractivity contribution in [3.63, 3.8) is 0 Å². The van der Waals surface area contributed by atoms with E-state index in [4.69, 9.17) is 4.74 Å². The van der Waals surface area contributed by atoms with Gasteiger partial charge in [-0.05, 0) is 36.5 Å². The maximum atomic E-state index is 11.8. The summed E-state index contributed by atoms with van der Waals surface area (Å²) in [7, 11) is 0. The molecule has 1 aromatic carbocycles. The molecule has 3 heteroatoms. The normalized spacial score (nSPS) is 16.1. The SMILES string of the molecule is CC(C)c1ccc(OCC(=O)NC2CCCCC2)cc1. The quantitative estimate of drug-likeness (QED) is 0.891. The molecule has 0 saturated heterocycles. The van der Waals surface area contributed by atoms with Crippen LogP contribution in [-0.2, 0) is 4.79 Å². The predicted molar refractivity (Wildman–Crippen MR) is 81.0 cm³/mol. The van der Waals surface area contributed by atoms with Crippen LogP contribution < -0.4 is 10.1 Å². The fraction of sp³-hybridized carbons (Fsp3) is 0.588. The van der Waals surface area contributed by atoms with Gasteiger partial charge >= 0.3 is 0 Å². The minimum absolute atomic E-state index is 0.00941. The average Bonchev–Trinajstić information content (AvgIpc) is 2.46. The summed E-state index contributed by atoms with van der Waals surface area (Å²) in [6.45, 7) is 4.43. The van der Waals surface area contributed by atoms with Crippen LogP contribution in [0.3, 0.4) is 0 Å². The molecule has 0 radical (unpaired) electrons. The van der Waals surface area contributed by atoms with Crippen molar-refractivity contribution in [3.05, 3.63) is 29.8 Å². The highest BCUT2D eigenvalue weighted by atomic mass is 16.5. The van der Waals surface area contributed by atoms with Crippen molar-refractivity contribution in [2.24, 2.45) is 0 Å². The van der Waals surface area contributed by atoms with E-state index < -0.39 is 0 Å². The number of amides is 1. The Morgan fingerprint density at radius 2 is 1.85 bits per heavy atom. The second-order valence-electron chi connectivity index (χ2n) is 5.91. The van der Waals surface area contributed by atoms with Crippen molar-refractivity contribution < 1.29 is 9.53 Å². The molecule has 1 aliphatic rings. The third-order valence-corrected chi connectivity index (χ3v) is 3.89. The van der Waals surface area contributed by atoms with Crippen LogP contribution in [0, 0.1) is 0 Å². The summed E-state index contributed by atoms with van der Waals surface area (Å²) < 4.78 is 5.53. The van der Waals surface area contributed by atoms with Crippen LogP contribution >= 0.6 is 0 Å². The highest BCUT2D eigenvalue weighted by Gasteiger charge is 2.15. The molecule has 1 aromatic rings. The van der Waals surface area contributed by atoms with Crippen molar-refractivity contribution in [1.82, 2.24) is 5.32 Å². The van der Waals surface area contributed by atoms with Gasteiger partial charge in [-0.15, -0.1) is 0 Å². The smallest absolute Gasteiger partial charge is 0.258 e. The van der Waals surface area contributed by atoms with Crippen LogP contribution in [0.5, 0.6) is 5.75 Å². The fourth-order valence-electron chi connectivity index (χ4n) is 2.61. The molecular weight excluding hydrogens is 250 g/mol. The predicted octanol–water partition coefficient (Wildman–Crippen LogP) is 3.64. The third-order valence-electron chi connectivity index (χ3n) is 3.89. The van der Waals surface area contributed by atoms with Gasteiger partial charge in [0.25, 0.3) is 5.91 Å². The van der Waals surface area contributed by atoms with Gasteiger partial charge < -0.3 is 10.1 Å². The number of hydrogen-bond donors (Lipinski definition) is 1. The van der Waals surface area contributed by atoms with Gasteiger partial charge in [0, 0.05) is 6.04 Å². The molecular formula is C17H25NO2. The molecule has 1 amide bonds. The number of hydrogen-bond acceptors (Lipinski definition) is 2. The lowest BCUT2D eigenvalue weighted by Crippen LogP contribution is -2.38.